The molecule has 1 atom stereocenters. The molecule has 0 spiro atoms. The Morgan fingerprint density at radius 3 is 2.63 bits per heavy atom. The summed E-state index contributed by atoms with van der Waals surface area (Å²) in [5.74, 6) is -0.198. The van der Waals surface area contributed by atoms with Gasteiger partial charge in [0.15, 0.2) is 0 Å². The molecule has 1 aliphatic rings. The lowest BCUT2D eigenvalue weighted by atomic mass is 9.94. The predicted octanol–water partition coefficient (Wildman–Crippen LogP) is 5.39. The summed E-state index contributed by atoms with van der Waals surface area (Å²) in [5.41, 5.74) is 2.71. The number of H-pyrrole nitrogens is 1. The smallest absolute Gasteiger partial charge is 0.247 e. The molecular formula is C28H30N4O2S. The molecule has 2 amide bonds. The number of nitrogens with zero attached hydrogens (tertiary/aromatic N) is 2. The number of carbonyl (C=O) groups is 2. The van der Waals surface area contributed by atoms with Crippen LogP contribution in [-0.4, -0.2) is 32.7 Å². The molecule has 1 fully saturated rings. The lowest BCUT2D eigenvalue weighted by Gasteiger charge is -2.33. The lowest BCUT2D eigenvalue weighted by molar-refractivity contribution is -0.141. The van der Waals surface area contributed by atoms with Gasteiger partial charge in [-0.3, -0.25) is 14.6 Å². The second kappa shape index (κ2) is 10.9. The van der Waals surface area contributed by atoms with E-state index in [1.54, 1.807) is 28.6 Å². The number of fused-ring (bicyclic) bond motifs is 1. The fourth-order valence-electron chi connectivity index (χ4n) is 4.98. The van der Waals surface area contributed by atoms with Crippen LogP contribution in [0.5, 0.6) is 0 Å². The Balaban J connectivity index is 1.48. The average molecular weight is 487 g/mol. The zero-order valence-corrected chi connectivity index (χ0v) is 20.5. The number of nitrogens with one attached hydrogen (secondary N) is 2. The van der Waals surface area contributed by atoms with Crippen molar-refractivity contribution < 1.29 is 9.59 Å². The van der Waals surface area contributed by atoms with Gasteiger partial charge in [-0.2, -0.15) is 0 Å². The molecule has 0 radical (unpaired) electrons. The van der Waals surface area contributed by atoms with E-state index in [2.05, 4.69) is 15.3 Å². The van der Waals surface area contributed by atoms with Crippen LogP contribution in [0.15, 0.2) is 72.5 Å². The van der Waals surface area contributed by atoms with Gasteiger partial charge in [-0.25, -0.2) is 0 Å². The summed E-state index contributed by atoms with van der Waals surface area (Å²) < 4.78 is 0. The number of aromatic nitrogens is 2. The normalized spacial score (nSPS) is 15.1. The van der Waals surface area contributed by atoms with E-state index in [0.717, 1.165) is 52.6 Å². The summed E-state index contributed by atoms with van der Waals surface area (Å²) in [6.45, 7) is 0.379. The quantitative estimate of drug-likeness (QED) is 0.351. The molecule has 0 bridgehead atoms. The van der Waals surface area contributed by atoms with Crippen molar-refractivity contribution in [2.24, 2.45) is 0 Å². The number of hydrogen-bond donors (Lipinski definition) is 2. The molecule has 3 heterocycles. The van der Waals surface area contributed by atoms with Crippen molar-refractivity contribution in [2.75, 3.05) is 0 Å². The van der Waals surface area contributed by atoms with Gasteiger partial charge in [0.1, 0.15) is 6.04 Å². The Kier molecular flexibility index (Phi) is 7.23. The molecule has 3 aromatic heterocycles. The first kappa shape index (κ1) is 23.3. The van der Waals surface area contributed by atoms with Crippen molar-refractivity contribution in [3.05, 3.63) is 88.5 Å². The highest BCUT2D eigenvalue weighted by Gasteiger charge is 2.33. The minimum absolute atomic E-state index is 0.0799. The van der Waals surface area contributed by atoms with E-state index in [1.165, 1.54) is 6.42 Å². The van der Waals surface area contributed by atoms with E-state index < -0.39 is 6.04 Å². The summed E-state index contributed by atoms with van der Waals surface area (Å²) in [5, 5.41) is 6.30. The molecule has 1 aromatic carbocycles. The molecule has 1 aliphatic carbocycles. The van der Waals surface area contributed by atoms with Gasteiger partial charge < -0.3 is 15.2 Å². The number of benzene rings is 1. The number of hydrogen-bond acceptors (Lipinski definition) is 4. The van der Waals surface area contributed by atoms with E-state index in [9.17, 15) is 9.59 Å². The molecule has 5 rings (SSSR count). The van der Waals surface area contributed by atoms with Crippen molar-refractivity contribution in [1.82, 2.24) is 20.2 Å². The van der Waals surface area contributed by atoms with E-state index in [0.29, 0.717) is 6.54 Å². The summed E-state index contributed by atoms with van der Waals surface area (Å²) in [6.07, 6.45) is 10.9. The monoisotopic (exact) mass is 486 g/mol. The van der Waals surface area contributed by atoms with Gasteiger partial charge in [0.2, 0.25) is 11.8 Å². The first-order valence-corrected chi connectivity index (χ1v) is 13.1. The van der Waals surface area contributed by atoms with Crippen molar-refractivity contribution in [1.29, 1.82) is 0 Å². The molecule has 7 heteroatoms. The highest BCUT2D eigenvalue weighted by Crippen LogP contribution is 2.28. The Bertz CT molecular complexity index is 1260. The van der Waals surface area contributed by atoms with Gasteiger partial charge in [-0.05, 0) is 53.6 Å². The van der Waals surface area contributed by atoms with Crippen molar-refractivity contribution in [2.45, 2.75) is 57.2 Å². The fourth-order valence-corrected chi connectivity index (χ4v) is 5.68. The van der Waals surface area contributed by atoms with Gasteiger partial charge in [0, 0.05) is 40.4 Å². The van der Waals surface area contributed by atoms with E-state index >= 15 is 0 Å². The van der Waals surface area contributed by atoms with Crippen molar-refractivity contribution in [3.63, 3.8) is 0 Å². The molecule has 180 valence electrons. The van der Waals surface area contributed by atoms with Crippen LogP contribution >= 0.6 is 11.3 Å². The minimum atomic E-state index is -0.722. The third-order valence-electron chi connectivity index (χ3n) is 6.78. The third-order valence-corrected chi connectivity index (χ3v) is 7.64. The first-order chi connectivity index (χ1) is 17.2. The first-order valence-electron chi connectivity index (χ1n) is 12.3. The molecule has 4 aromatic rings. The lowest BCUT2D eigenvalue weighted by Crippen LogP contribution is -2.47. The summed E-state index contributed by atoms with van der Waals surface area (Å²) in [4.78, 5) is 37.9. The molecule has 1 saturated carbocycles. The van der Waals surface area contributed by atoms with Crippen LogP contribution < -0.4 is 5.32 Å². The number of pyridine rings is 1. The molecular weight excluding hydrogens is 456 g/mol. The summed E-state index contributed by atoms with van der Waals surface area (Å²) in [6, 6.07) is 15.1. The van der Waals surface area contributed by atoms with Crippen molar-refractivity contribution >= 4 is 34.1 Å². The number of rotatable bonds is 8. The third kappa shape index (κ3) is 5.46. The predicted molar refractivity (Wildman–Crippen MR) is 139 cm³/mol. The summed E-state index contributed by atoms with van der Waals surface area (Å²) >= 11 is 1.60. The number of amides is 2. The van der Waals surface area contributed by atoms with Gasteiger partial charge >= 0.3 is 0 Å². The van der Waals surface area contributed by atoms with Gasteiger partial charge in [-0.15, -0.1) is 11.3 Å². The number of thiophene rings is 1. The Morgan fingerprint density at radius 2 is 1.86 bits per heavy atom. The van der Waals surface area contributed by atoms with Crippen LogP contribution in [0.4, 0.5) is 0 Å². The van der Waals surface area contributed by atoms with Crippen LogP contribution in [0.3, 0.4) is 0 Å². The maximum absolute atomic E-state index is 13.9. The van der Waals surface area contributed by atoms with Gasteiger partial charge in [-0.1, -0.05) is 43.5 Å². The Morgan fingerprint density at radius 1 is 1.06 bits per heavy atom. The van der Waals surface area contributed by atoms with Crippen LogP contribution in [0.2, 0.25) is 0 Å². The second-order valence-corrected chi connectivity index (χ2v) is 10.2. The number of aromatic amines is 1. The van der Waals surface area contributed by atoms with Crippen LogP contribution in [0, 0.1) is 0 Å². The van der Waals surface area contributed by atoms with Gasteiger partial charge in [0.25, 0.3) is 0 Å². The Hall–Kier alpha value is -3.45. The Labute approximate surface area is 209 Å². The average Bonchev–Trinajstić information content (AvgIpc) is 3.55. The van der Waals surface area contributed by atoms with Crippen molar-refractivity contribution in [3.8, 4) is 0 Å². The standard InChI is InChI=1S/C28H30N4O2S/c33-26(17-21-18-30-25-11-5-4-10-24(21)25)32(19-23-9-6-16-35-23)27(20-12-14-29-15-13-20)28(34)31-22-7-2-1-3-8-22/h4-6,9-16,18,22,27,30H,1-3,7-8,17,19H2,(H,31,34). The zero-order valence-electron chi connectivity index (χ0n) is 19.7. The largest absolute Gasteiger partial charge is 0.361 e. The van der Waals surface area contributed by atoms with Crippen LogP contribution in [0.1, 0.15) is 54.1 Å². The second-order valence-electron chi connectivity index (χ2n) is 9.16. The maximum atomic E-state index is 13.9. The molecule has 6 nitrogen and oxygen atoms in total. The number of carbonyl (C=O) groups excluding carboxylic acids is 2. The van der Waals surface area contributed by atoms with Crippen LogP contribution in [0.25, 0.3) is 10.9 Å². The molecule has 2 N–H and O–H groups in total. The molecule has 0 saturated heterocycles. The SMILES string of the molecule is O=C(NC1CCCCC1)C(c1ccncc1)N(Cc1cccs1)C(=O)Cc1c[nH]c2ccccc12. The molecule has 1 unspecified atom stereocenters. The maximum Gasteiger partial charge on any atom is 0.247 e. The summed E-state index contributed by atoms with van der Waals surface area (Å²) in [7, 11) is 0. The number of para-hydroxylation sites is 1. The highest BCUT2D eigenvalue weighted by molar-refractivity contribution is 7.09. The zero-order chi connectivity index (χ0) is 24.0. The fraction of sp³-hybridized carbons (Fsp3) is 0.321. The minimum Gasteiger partial charge on any atom is -0.361 e. The molecule has 0 aliphatic heterocycles. The highest BCUT2D eigenvalue weighted by atomic mass is 32.1. The van der Waals surface area contributed by atoms with Gasteiger partial charge in [0.05, 0.1) is 13.0 Å². The topological polar surface area (TPSA) is 78.1 Å². The molecule has 35 heavy (non-hydrogen) atoms. The van der Waals surface area contributed by atoms with Crippen LogP contribution in [-0.2, 0) is 22.6 Å². The van der Waals surface area contributed by atoms with E-state index in [-0.39, 0.29) is 24.3 Å². The van der Waals surface area contributed by atoms with E-state index in [4.69, 9.17) is 0 Å². The van der Waals surface area contributed by atoms with E-state index in [1.807, 2.05) is 60.1 Å².